The Bertz CT molecular complexity index is 1450. The van der Waals surface area contributed by atoms with Crippen LogP contribution in [0.3, 0.4) is 0 Å². The number of carbonyl (C=O) groups excluding carboxylic acids is 2. The summed E-state index contributed by atoms with van der Waals surface area (Å²) in [4.78, 5) is 27.2. The number of rotatable bonds is 12. The first-order valence-electron chi connectivity index (χ1n) is 13.3. The summed E-state index contributed by atoms with van der Waals surface area (Å²) in [5, 5.41) is 7.95. The van der Waals surface area contributed by atoms with E-state index in [9.17, 15) is 14.0 Å². The van der Waals surface area contributed by atoms with E-state index in [1.54, 1.807) is 30.8 Å². The van der Waals surface area contributed by atoms with Gasteiger partial charge in [0.15, 0.2) is 11.6 Å². The number of halogens is 1. The molecule has 0 saturated carbocycles. The van der Waals surface area contributed by atoms with E-state index in [4.69, 9.17) is 28.8 Å². The molecular weight excluding hydrogens is 545 g/mol. The number of para-hydroxylation sites is 1. The number of nitrogens with zero attached hydrogens (tertiary/aromatic N) is 2. The van der Waals surface area contributed by atoms with Crippen molar-refractivity contribution in [3.63, 3.8) is 0 Å². The maximum atomic E-state index is 15.0. The summed E-state index contributed by atoms with van der Waals surface area (Å²) < 4.78 is 42.8. The Morgan fingerprint density at radius 3 is 2.00 bits per heavy atom. The highest BCUT2D eigenvalue weighted by atomic mass is 19.1. The number of hydrogen-bond acceptors (Lipinski definition) is 9. The van der Waals surface area contributed by atoms with Crippen molar-refractivity contribution in [3.8, 4) is 22.7 Å². The summed E-state index contributed by atoms with van der Waals surface area (Å²) in [5.41, 5.74) is 3.35. The average molecular weight is 580 g/mol. The molecule has 2 heterocycles. The highest BCUT2D eigenvalue weighted by molar-refractivity contribution is 6.00. The number of ether oxygens (including phenoxy) is 5. The quantitative estimate of drug-likeness (QED) is 0.248. The molecule has 3 aromatic rings. The third kappa shape index (κ3) is 6.53. The largest absolute Gasteiger partial charge is 0.494 e. The lowest BCUT2D eigenvalue weighted by Crippen LogP contribution is -2.33. The van der Waals surface area contributed by atoms with E-state index in [0.717, 1.165) is 5.69 Å². The highest BCUT2D eigenvalue weighted by Crippen LogP contribution is 2.43. The van der Waals surface area contributed by atoms with Gasteiger partial charge in [-0.1, -0.05) is 18.2 Å². The molecule has 10 nitrogen and oxygen atoms in total. The van der Waals surface area contributed by atoms with Crippen LogP contribution in [0.5, 0.6) is 5.75 Å². The van der Waals surface area contributed by atoms with Crippen molar-refractivity contribution in [1.29, 1.82) is 0 Å². The van der Waals surface area contributed by atoms with E-state index >= 15 is 0 Å². The SMILES string of the molecule is COCCOC(=O)C1=C(C)NC(C)=C(C(=O)OCCOC)C1c1cn(-c2ccccc2)nc1-c1ccc(OC)c(F)c1. The molecule has 1 aliphatic rings. The molecule has 0 radical (unpaired) electrons. The molecule has 0 saturated heterocycles. The Kier molecular flexibility index (Phi) is 10.1. The second kappa shape index (κ2) is 13.9. The number of hydrogen-bond donors (Lipinski definition) is 1. The summed E-state index contributed by atoms with van der Waals surface area (Å²) >= 11 is 0. The maximum absolute atomic E-state index is 15.0. The summed E-state index contributed by atoms with van der Waals surface area (Å²) in [6.45, 7) is 3.86. The van der Waals surface area contributed by atoms with Gasteiger partial charge in [-0.25, -0.2) is 18.7 Å². The van der Waals surface area contributed by atoms with Crippen molar-refractivity contribution < 1.29 is 37.7 Å². The zero-order valence-electron chi connectivity index (χ0n) is 24.2. The molecule has 0 unspecified atom stereocenters. The minimum absolute atomic E-state index is 0.00890. The second-order valence-corrected chi connectivity index (χ2v) is 9.46. The first-order valence-corrected chi connectivity index (χ1v) is 13.3. The molecule has 2 aromatic carbocycles. The number of nitrogens with one attached hydrogen (secondary N) is 1. The Balaban J connectivity index is 1.95. The van der Waals surface area contributed by atoms with Crippen molar-refractivity contribution in [2.24, 2.45) is 0 Å². The van der Waals surface area contributed by atoms with Crippen LogP contribution in [-0.2, 0) is 28.5 Å². The summed E-state index contributed by atoms with van der Waals surface area (Å²) in [5.74, 6) is -2.76. The molecule has 11 heteroatoms. The molecule has 1 aliphatic heterocycles. The van der Waals surface area contributed by atoms with Gasteiger partial charge >= 0.3 is 11.9 Å². The summed E-state index contributed by atoms with van der Waals surface area (Å²) in [6, 6.07) is 13.8. The van der Waals surface area contributed by atoms with Crippen molar-refractivity contribution in [3.05, 3.63) is 88.6 Å². The topological polar surface area (TPSA) is 110 Å². The van der Waals surface area contributed by atoms with Gasteiger partial charge in [0, 0.05) is 42.9 Å². The normalized spacial score (nSPS) is 13.7. The van der Waals surface area contributed by atoms with E-state index in [0.29, 0.717) is 28.2 Å². The fraction of sp³-hybridized carbons (Fsp3) is 0.323. The van der Waals surface area contributed by atoms with Crippen LogP contribution in [0.15, 0.2) is 77.3 Å². The molecule has 0 fully saturated rings. The van der Waals surface area contributed by atoms with Crippen LogP contribution in [0.2, 0.25) is 0 Å². The molecule has 222 valence electrons. The zero-order chi connectivity index (χ0) is 30.2. The van der Waals surface area contributed by atoms with E-state index in [2.05, 4.69) is 5.32 Å². The van der Waals surface area contributed by atoms with Gasteiger partial charge in [0.1, 0.15) is 13.2 Å². The van der Waals surface area contributed by atoms with Crippen molar-refractivity contribution in [1.82, 2.24) is 15.1 Å². The van der Waals surface area contributed by atoms with Crippen LogP contribution in [0.1, 0.15) is 25.3 Å². The minimum Gasteiger partial charge on any atom is -0.494 e. The van der Waals surface area contributed by atoms with Crippen LogP contribution in [0, 0.1) is 5.82 Å². The predicted octanol–water partition coefficient (Wildman–Crippen LogP) is 4.30. The number of allylic oxidation sites excluding steroid dienone is 2. The van der Waals surface area contributed by atoms with Crippen molar-refractivity contribution >= 4 is 11.9 Å². The lowest BCUT2D eigenvalue weighted by Gasteiger charge is -2.30. The van der Waals surface area contributed by atoms with Crippen LogP contribution in [0.4, 0.5) is 4.39 Å². The molecule has 4 rings (SSSR count). The van der Waals surface area contributed by atoms with E-state index in [1.165, 1.54) is 33.5 Å². The molecule has 0 amide bonds. The molecule has 1 N–H and O–H groups in total. The van der Waals surface area contributed by atoms with Gasteiger partial charge in [-0.3, -0.25) is 0 Å². The monoisotopic (exact) mass is 579 g/mol. The lowest BCUT2D eigenvalue weighted by molar-refractivity contribution is -0.141. The number of dihydropyridines is 1. The molecule has 1 aromatic heterocycles. The van der Waals surface area contributed by atoms with E-state index < -0.39 is 23.7 Å². The molecule has 42 heavy (non-hydrogen) atoms. The summed E-state index contributed by atoms with van der Waals surface area (Å²) in [7, 11) is 4.39. The highest BCUT2D eigenvalue weighted by Gasteiger charge is 2.40. The predicted molar refractivity (Wildman–Crippen MR) is 152 cm³/mol. The minimum atomic E-state index is -0.964. The second-order valence-electron chi connectivity index (χ2n) is 9.46. The Labute approximate surface area is 243 Å². The number of methoxy groups -OCH3 is 3. The zero-order valence-corrected chi connectivity index (χ0v) is 24.2. The van der Waals surface area contributed by atoms with Crippen molar-refractivity contribution in [2.75, 3.05) is 47.8 Å². The molecular formula is C31H34FN3O7. The van der Waals surface area contributed by atoms with Gasteiger partial charge < -0.3 is 29.0 Å². The van der Waals surface area contributed by atoms with E-state index in [1.807, 2.05) is 30.3 Å². The smallest absolute Gasteiger partial charge is 0.336 e. The van der Waals surface area contributed by atoms with Crippen LogP contribution >= 0.6 is 0 Å². The van der Waals surface area contributed by atoms with Crippen LogP contribution < -0.4 is 10.1 Å². The van der Waals surface area contributed by atoms with Crippen LogP contribution in [0.25, 0.3) is 16.9 Å². The molecule has 0 atom stereocenters. The van der Waals surface area contributed by atoms with Gasteiger partial charge in [-0.15, -0.1) is 0 Å². The number of carbonyl (C=O) groups is 2. The lowest BCUT2D eigenvalue weighted by atomic mass is 9.79. The van der Waals surface area contributed by atoms with E-state index in [-0.39, 0.29) is 43.3 Å². The van der Waals surface area contributed by atoms with Crippen molar-refractivity contribution in [2.45, 2.75) is 19.8 Å². The van der Waals surface area contributed by atoms with Gasteiger partial charge in [0.25, 0.3) is 0 Å². The standard InChI is InChI=1S/C31H34FN3O7/c1-19-26(30(36)41-15-13-38-3)28(27(20(2)33-19)31(37)42-16-14-39-4)23-18-35(22-9-7-6-8-10-22)34-29(23)21-11-12-25(40-5)24(32)17-21/h6-12,17-18,28,33H,13-16H2,1-5H3. The van der Waals surface area contributed by atoms with Crippen LogP contribution in [-0.4, -0.2) is 69.5 Å². The number of esters is 2. The Morgan fingerprint density at radius 1 is 0.881 bits per heavy atom. The number of aromatic nitrogens is 2. The van der Waals surface area contributed by atoms with Gasteiger partial charge in [0.05, 0.1) is 48.8 Å². The Hall–Kier alpha value is -4.48. The van der Waals surface area contributed by atoms with Gasteiger partial charge in [-0.2, -0.15) is 5.10 Å². The molecule has 0 spiro atoms. The first-order chi connectivity index (χ1) is 20.3. The molecule has 0 aliphatic carbocycles. The Morgan fingerprint density at radius 2 is 1.48 bits per heavy atom. The fourth-order valence-corrected chi connectivity index (χ4v) is 4.79. The maximum Gasteiger partial charge on any atom is 0.336 e. The summed E-state index contributed by atoms with van der Waals surface area (Å²) in [6.07, 6.45) is 1.73. The van der Waals surface area contributed by atoms with Gasteiger partial charge in [0.2, 0.25) is 0 Å². The third-order valence-corrected chi connectivity index (χ3v) is 6.74. The number of benzene rings is 2. The average Bonchev–Trinajstić information content (AvgIpc) is 3.42. The molecule has 0 bridgehead atoms. The van der Waals surface area contributed by atoms with Gasteiger partial charge in [-0.05, 0) is 44.2 Å². The fourth-order valence-electron chi connectivity index (χ4n) is 4.79. The first kappa shape index (κ1) is 30.5. The third-order valence-electron chi connectivity index (χ3n) is 6.74.